The number of hydrogen-bond acceptors (Lipinski definition) is 7. The van der Waals surface area contributed by atoms with Gasteiger partial charge < -0.3 is 10.4 Å². The van der Waals surface area contributed by atoms with Crippen LogP contribution in [0.5, 0.6) is 0 Å². The molecular formula is C32H38N6O4. The molecule has 220 valence electrons. The van der Waals surface area contributed by atoms with Gasteiger partial charge in [0.05, 0.1) is 18.2 Å². The van der Waals surface area contributed by atoms with E-state index in [2.05, 4.69) is 98.2 Å². The fourth-order valence-corrected chi connectivity index (χ4v) is 2.37. The number of amides is 1. The molecular weight excluding hydrogens is 532 g/mol. The van der Waals surface area contributed by atoms with E-state index in [1.165, 1.54) is 6.20 Å². The van der Waals surface area contributed by atoms with Gasteiger partial charge in [0.15, 0.2) is 0 Å². The van der Waals surface area contributed by atoms with Crippen LogP contribution < -0.4 is 5.32 Å². The lowest BCUT2D eigenvalue weighted by molar-refractivity contribution is 0.0896. The third-order valence-corrected chi connectivity index (χ3v) is 4.25. The summed E-state index contributed by atoms with van der Waals surface area (Å²) in [5.74, 6) is 35.5. The largest absolute Gasteiger partial charge is 0.394 e. The third kappa shape index (κ3) is 19.6. The first-order chi connectivity index (χ1) is 20.4. The zero-order valence-electron chi connectivity index (χ0n) is 23.4. The van der Waals surface area contributed by atoms with Gasteiger partial charge in [-0.25, -0.2) is 0 Å². The molecule has 2 rings (SSSR count). The highest BCUT2D eigenvalue weighted by molar-refractivity contribution is 5.95. The van der Waals surface area contributed by atoms with Crippen molar-refractivity contribution in [2.75, 3.05) is 6.61 Å². The van der Waals surface area contributed by atoms with Crippen molar-refractivity contribution >= 4 is 5.91 Å². The maximum Gasteiger partial charge on any atom is 0.253 e. The predicted octanol–water partition coefficient (Wildman–Crippen LogP) is 5.36. The van der Waals surface area contributed by atoms with Crippen molar-refractivity contribution in [3.63, 3.8) is 0 Å². The van der Waals surface area contributed by atoms with E-state index in [0.717, 1.165) is 11.1 Å². The summed E-state index contributed by atoms with van der Waals surface area (Å²) in [7, 11) is 0. The molecule has 0 fully saturated rings. The van der Waals surface area contributed by atoms with Crippen LogP contribution in [0, 0.1) is 104 Å². The molecule has 42 heavy (non-hydrogen) atoms. The van der Waals surface area contributed by atoms with Crippen molar-refractivity contribution in [3.05, 3.63) is 68.9 Å². The van der Waals surface area contributed by atoms with Gasteiger partial charge in [0.1, 0.15) is 0 Å². The molecule has 1 unspecified atom stereocenters. The molecule has 0 aliphatic heterocycles. The molecule has 0 bridgehead atoms. The molecule has 0 saturated heterocycles. The number of pyridine rings is 2. The molecule has 1 amide bonds. The maximum atomic E-state index is 12.2. The first kappa shape index (κ1) is 37.7. The minimum Gasteiger partial charge on any atom is -0.394 e. The number of aliphatic hydroxyl groups is 1. The van der Waals surface area contributed by atoms with Crippen molar-refractivity contribution in [1.29, 1.82) is 5.53 Å². The number of hydrogen-bond donors (Lipinski definition) is 3. The number of carbonyl (C=O) groups excluding carboxylic acids is 1. The fraction of sp³-hybridized carbons (Fsp3) is 0.219. The van der Waals surface area contributed by atoms with Crippen LogP contribution in [-0.4, -0.2) is 33.6 Å². The molecule has 10 nitrogen and oxygen atoms in total. The van der Waals surface area contributed by atoms with Gasteiger partial charge in [0.25, 0.3) is 5.91 Å². The van der Waals surface area contributed by atoms with E-state index < -0.39 is 0 Å². The lowest BCUT2D eigenvalue weighted by Crippen LogP contribution is -2.41. The van der Waals surface area contributed by atoms with E-state index in [1.807, 2.05) is 26.0 Å². The average Bonchev–Trinajstić information content (AvgIpc) is 3.02. The number of carbonyl (C=O) groups is 1. The molecule has 0 aromatic carbocycles. The van der Waals surface area contributed by atoms with Gasteiger partial charge >= 0.3 is 0 Å². The second kappa shape index (κ2) is 27.6. The Morgan fingerprint density at radius 2 is 1.36 bits per heavy atom. The number of nitrogens with one attached hydrogen (secondary N) is 2. The van der Waals surface area contributed by atoms with E-state index in [1.54, 1.807) is 43.4 Å². The molecule has 0 aliphatic carbocycles. The Labute approximate surface area is 254 Å². The fourth-order valence-electron chi connectivity index (χ4n) is 2.37. The lowest BCUT2D eigenvalue weighted by Gasteiger charge is -2.19. The minimum atomic E-state index is -0.264. The summed E-state index contributed by atoms with van der Waals surface area (Å²) >= 11 is 0. The molecule has 1 atom stereocenters. The normalized spacial score (nSPS) is 7.86. The second-order valence-electron chi connectivity index (χ2n) is 7.31. The van der Waals surface area contributed by atoms with Crippen LogP contribution in [0.2, 0.25) is 0 Å². The van der Waals surface area contributed by atoms with Crippen LogP contribution >= 0.6 is 0 Å². The lowest BCUT2D eigenvalue weighted by atomic mass is 10.0. The van der Waals surface area contributed by atoms with Crippen LogP contribution in [0.25, 0.3) is 21.6 Å². The quantitative estimate of drug-likeness (QED) is 0.189. The van der Waals surface area contributed by atoms with Crippen molar-refractivity contribution in [2.24, 2.45) is 5.92 Å². The van der Waals surface area contributed by atoms with Gasteiger partial charge in [-0.15, -0.1) is 5.53 Å². The smallest absolute Gasteiger partial charge is 0.253 e. The summed E-state index contributed by atoms with van der Waals surface area (Å²) in [4.78, 5) is 36.1. The monoisotopic (exact) mass is 570 g/mol. The number of rotatable bonds is 5. The van der Waals surface area contributed by atoms with Crippen LogP contribution in [0.3, 0.4) is 0 Å². The van der Waals surface area contributed by atoms with Crippen LogP contribution in [0.15, 0.2) is 43.0 Å². The third-order valence-electron chi connectivity index (χ3n) is 4.25. The van der Waals surface area contributed by atoms with Crippen LogP contribution in [-0.2, 0) is 0 Å². The molecule has 2 aromatic heterocycles. The molecule has 0 radical (unpaired) electrons. The Morgan fingerprint density at radius 3 is 1.74 bits per heavy atom. The Kier molecular flexibility index (Phi) is 24.8. The SMILES string of the molecule is CC#CC#CC#CC#CC#CC#CC#CC.CC(C)C(CO)NC(=O)c1cncc(-c2cccnc2)c1.O=O.[HH].[HH].[HH].[HH].[HH].[HH].[N-]=[N+]=N. The Balaban J connectivity index is -0.0000000900. The number of nitrogens with zero attached hydrogens (tertiary/aromatic N) is 4. The number of aromatic nitrogens is 2. The number of aliphatic hydroxyl groups excluding tert-OH is 1. The topological polar surface area (TPSA) is 170 Å². The van der Waals surface area contributed by atoms with Gasteiger partial charge in [-0.05, 0) is 113 Å². The highest BCUT2D eigenvalue weighted by atomic mass is 16.7. The molecule has 0 saturated carbocycles. The van der Waals surface area contributed by atoms with E-state index >= 15 is 0 Å². The summed E-state index contributed by atoms with van der Waals surface area (Å²) in [6, 6.07) is 5.26. The van der Waals surface area contributed by atoms with Crippen molar-refractivity contribution in [3.8, 4) is 94.0 Å². The Morgan fingerprint density at radius 1 is 0.905 bits per heavy atom. The Bertz CT molecular complexity index is 1580. The van der Waals surface area contributed by atoms with Crippen molar-refractivity contribution < 1.29 is 18.5 Å². The summed E-state index contributed by atoms with van der Waals surface area (Å²) in [6.07, 6.45) is 6.63. The molecule has 10 heteroatoms. The van der Waals surface area contributed by atoms with Crippen LogP contribution in [0.1, 0.15) is 46.6 Å². The average molecular weight is 571 g/mol. The van der Waals surface area contributed by atoms with Gasteiger partial charge in [0.2, 0.25) is 0 Å². The highest BCUT2D eigenvalue weighted by Crippen LogP contribution is 2.18. The van der Waals surface area contributed by atoms with Gasteiger partial charge in [-0.3, -0.25) is 14.8 Å². The standard InChI is InChI=1S/C16H19N3O2.C16H6.HN3.O2.6H2/c1-11(2)15(10-20)19-16(21)14-6-13(8-18-9-14)12-4-3-5-17-7-12;1-3-5-7-9-11-13-15-16-14-12-10-8-6-4-2;1-3-2;1-2;;;;;;/h3-9,11,15,20H,10H2,1-2H3,(H,19,21);1-2H3;1H;;6*1H. The van der Waals surface area contributed by atoms with Gasteiger partial charge in [0, 0.05) is 54.4 Å². The molecule has 2 aromatic rings. The molecule has 2 heterocycles. The minimum absolute atomic E-state index is 0. The second-order valence-corrected chi connectivity index (χ2v) is 7.31. The van der Waals surface area contributed by atoms with Crippen molar-refractivity contribution in [2.45, 2.75) is 33.7 Å². The Hall–Kier alpha value is -6.44. The molecule has 0 spiro atoms. The maximum absolute atomic E-state index is 12.2. The van der Waals surface area contributed by atoms with Crippen molar-refractivity contribution in [1.82, 2.24) is 15.3 Å². The summed E-state index contributed by atoms with van der Waals surface area (Å²) < 4.78 is 0. The van der Waals surface area contributed by atoms with E-state index in [-0.39, 0.29) is 33.0 Å². The van der Waals surface area contributed by atoms with E-state index in [4.69, 9.17) is 21.0 Å². The summed E-state index contributed by atoms with van der Waals surface area (Å²) in [5, 5.41) is 12.1. The zero-order valence-corrected chi connectivity index (χ0v) is 23.4. The van der Waals surface area contributed by atoms with E-state index in [0.29, 0.717) is 5.56 Å². The highest BCUT2D eigenvalue weighted by Gasteiger charge is 2.16. The van der Waals surface area contributed by atoms with Crippen LogP contribution in [0.4, 0.5) is 0 Å². The van der Waals surface area contributed by atoms with Gasteiger partial charge in [-0.1, -0.05) is 31.8 Å². The summed E-state index contributed by atoms with van der Waals surface area (Å²) in [5.41, 5.74) is 14.5. The zero-order chi connectivity index (χ0) is 31.8. The van der Waals surface area contributed by atoms with Gasteiger partial charge in [-0.2, -0.15) is 0 Å². The first-order valence-corrected chi connectivity index (χ1v) is 11.7. The molecule has 0 aliphatic rings. The summed E-state index contributed by atoms with van der Waals surface area (Å²) in [6.45, 7) is 7.24. The van der Waals surface area contributed by atoms with E-state index in [9.17, 15) is 9.90 Å². The first-order valence-electron chi connectivity index (χ1n) is 11.7. The molecule has 3 N–H and O–H groups in total. The predicted molar refractivity (Wildman–Crippen MR) is 175 cm³/mol.